The molecule has 6 rings (SSSR count). The van der Waals surface area contributed by atoms with Gasteiger partial charge in [0.2, 0.25) is 0 Å². The van der Waals surface area contributed by atoms with Crippen LogP contribution in [-0.4, -0.2) is 23.9 Å². The van der Waals surface area contributed by atoms with Crippen molar-refractivity contribution in [3.8, 4) is 22.8 Å². The number of carbonyl (C=O) groups excluding carboxylic acids is 1. The maximum Gasteiger partial charge on any atom is 0.162 e. The van der Waals surface area contributed by atoms with Crippen LogP contribution in [0, 0.1) is 31.7 Å². The molecule has 0 spiro atoms. The van der Waals surface area contributed by atoms with Crippen molar-refractivity contribution in [3.63, 3.8) is 0 Å². The number of ketones is 1. The number of aromatic nitrogens is 1. The van der Waals surface area contributed by atoms with Crippen LogP contribution >= 0.6 is 0 Å². The van der Waals surface area contributed by atoms with E-state index in [0.717, 1.165) is 70.3 Å². The van der Waals surface area contributed by atoms with E-state index >= 15 is 0 Å². The first-order valence-corrected chi connectivity index (χ1v) is 19.9. The van der Waals surface area contributed by atoms with E-state index in [1.54, 1.807) is 0 Å². The van der Waals surface area contributed by atoms with Crippen LogP contribution in [0.4, 0.5) is 0 Å². The fraction of sp³-hybridized carbons (Fsp3) is 0.302. The Morgan fingerprint density at radius 2 is 1.41 bits per heavy atom. The number of allylic oxidation sites excluding steroid dienone is 2. The summed E-state index contributed by atoms with van der Waals surface area (Å²) in [5.74, 6) is 2.31. The number of carbonyl (C=O) groups is 1. The van der Waals surface area contributed by atoms with Gasteiger partial charge in [0.1, 0.15) is 13.8 Å². The summed E-state index contributed by atoms with van der Waals surface area (Å²) in [5.41, 5.74) is 4.14. The summed E-state index contributed by atoms with van der Waals surface area (Å²) in [6.07, 6.45) is 6.82. The van der Waals surface area contributed by atoms with Crippen LogP contribution in [0.2, 0.25) is 6.55 Å². The van der Waals surface area contributed by atoms with Gasteiger partial charge in [-0.3, -0.25) is 4.79 Å². The number of pyridine rings is 1. The molecule has 4 nitrogen and oxygen atoms in total. The second kappa shape index (κ2) is 16.7. The van der Waals surface area contributed by atoms with Gasteiger partial charge in [-0.1, -0.05) is 126 Å². The Balaban J connectivity index is 0.000000290. The fourth-order valence-electron chi connectivity index (χ4n) is 6.95. The normalized spacial score (nSPS) is 12.1. The fourth-order valence-corrected chi connectivity index (χ4v) is 10.5. The Labute approximate surface area is 307 Å². The van der Waals surface area contributed by atoms with E-state index in [2.05, 4.69) is 111 Å². The molecule has 0 amide bonds. The zero-order valence-corrected chi connectivity index (χ0v) is 33.2. The zero-order chi connectivity index (χ0) is 34.4. The number of ether oxygens (including phenoxy) is 1. The molecule has 0 saturated heterocycles. The Kier molecular flexibility index (Phi) is 13.0. The quantitative estimate of drug-likeness (QED) is 0.0491. The second-order valence-electron chi connectivity index (χ2n) is 13.0. The number of aliphatic hydroxyl groups excluding tert-OH is 1. The molecule has 0 aliphatic carbocycles. The van der Waals surface area contributed by atoms with E-state index in [4.69, 9.17) is 9.72 Å². The molecular weight excluding hydrogens is 799 g/mol. The molecular formula is C43H48IrNO3Si-. The number of aryl methyl sites for hydroxylation is 2. The van der Waals surface area contributed by atoms with Gasteiger partial charge in [0, 0.05) is 61.0 Å². The minimum Gasteiger partial charge on any atom is -0.512 e. The number of benzene rings is 4. The van der Waals surface area contributed by atoms with Crippen molar-refractivity contribution >= 4 is 40.2 Å². The van der Waals surface area contributed by atoms with Crippen LogP contribution < -0.4 is 20.3 Å². The molecule has 0 bridgehead atoms. The summed E-state index contributed by atoms with van der Waals surface area (Å²) in [5, 5.41) is 16.1. The minimum absolute atomic E-state index is 0. The van der Waals surface area contributed by atoms with Gasteiger partial charge in [-0.2, -0.15) is 0 Å². The summed E-state index contributed by atoms with van der Waals surface area (Å²) in [7, 11) is -2.26. The van der Waals surface area contributed by atoms with Gasteiger partial charge in [-0.05, 0) is 58.8 Å². The third-order valence-electron chi connectivity index (χ3n) is 9.98. The molecule has 6 heteroatoms. The van der Waals surface area contributed by atoms with Crippen LogP contribution in [0.25, 0.3) is 22.0 Å². The maximum absolute atomic E-state index is 11.7. The molecule has 1 aliphatic heterocycles. The third kappa shape index (κ3) is 7.83. The number of hydrogen-bond donors (Lipinski definition) is 1. The number of nitrogens with zero attached hydrogens (tertiary/aromatic N) is 1. The van der Waals surface area contributed by atoms with Gasteiger partial charge in [0.25, 0.3) is 0 Å². The molecule has 5 aromatic rings. The predicted molar refractivity (Wildman–Crippen MR) is 203 cm³/mol. The molecule has 1 aliphatic rings. The van der Waals surface area contributed by atoms with E-state index in [9.17, 15) is 9.90 Å². The van der Waals surface area contributed by atoms with Gasteiger partial charge >= 0.3 is 0 Å². The molecule has 49 heavy (non-hydrogen) atoms. The van der Waals surface area contributed by atoms with Gasteiger partial charge < -0.3 is 14.8 Å². The maximum atomic E-state index is 11.7. The van der Waals surface area contributed by atoms with E-state index < -0.39 is 8.07 Å². The topological polar surface area (TPSA) is 59.4 Å². The van der Waals surface area contributed by atoms with Crippen molar-refractivity contribution in [1.82, 2.24) is 4.98 Å². The SMILES string of the molecule is CCC(CC)C(=O)/C=C(\O)C(CC)CC.Cc1[c-]c2c(c(C)c1)Oc1cc([Si](C)(c3ccccc3)c3ccccc3)cc3ccnc-2c13.[Ir]. The van der Waals surface area contributed by atoms with E-state index in [1.165, 1.54) is 21.6 Å². The van der Waals surface area contributed by atoms with E-state index in [-0.39, 0.29) is 43.5 Å². The molecule has 257 valence electrons. The largest absolute Gasteiger partial charge is 0.512 e. The summed E-state index contributed by atoms with van der Waals surface area (Å²) in [6, 6.07) is 34.2. The molecule has 0 atom stereocenters. The Morgan fingerprint density at radius 3 is 1.96 bits per heavy atom. The minimum atomic E-state index is -2.26. The smallest absolute Gasteiger partial charge is 0.162 e. The van der Waals surface area contributed by atoms with Crippen molar-refractivity contribution in [2.75, 3.05) is 0 Å². The van der Waals surface area contributed by atoms with Crippen molar-refractivity contribution < 1.29 is 34.7 Å². The molecule has 0 fully saturated rings. The standard InChI is InChI=1S/C30H24NOSi.C13H24O2.Ir/c1-20-16-21(2)30-26(17-20)29-28-22(14-15-31-29)18-25(19-27(28)32-30)33(3,23-10-6-4-7-11-23)24-12-8-5-9-13-24;1-5-10(6-2)12(14)9-13(15)11(7-3)8-4;/h4-16,18-19H,1-3H3;9-11,14H,5-8H2,1-4H3;/q-1;;/b;12-9-;. The van der Waals surface area contributed by atoms with Crippen LogP contribution in [0.5, 0.6) is 11.5 Å². The number of rotatable bonds is 10. The number of fused-ring (bicyclic) bond motifs is 2. The summed E-state index contributed by atoms with van der Waals surface area (Å²) < 4.78 is 6.59. The third-order valence-corrected chi connectivity index (χ3v) is 14.4. The van der Waals surface area contributed by atoms with E-state index in [1.807, 2.05) is 33.9 Å². The van der Waals surface area contributed by atoms with Crippen LogP contribution in [-0.2, 0) is 24.9 Å². The Morgan fingerprint density at radius 1 is 0.837 bits per heavy atom. The average Bonchev–Trinajstić information content (AvgIpc) is 3.10. The molecule has 1 N–H and O–H groups in total. The summed E-state index contributed by atoms with van der Waals surface area (Å²) in [6.45, 7) is 14.7. The van der Waals surface area contributed by atoms with Crippen molar-refractivity contribution in [1.29, 1.82) is 0 Å². The first-order valence-electron chi connectivity index (χ1n) is 17.4. The van der Waals surface area contributed by atoms with Crippen molar-refractivity contribution in [2.45, 2.75) is 73.8 Å². The monoisotopic (exact) mass is 847 g/mol. The Bertz CT molecular complexity index is 1880. The van der Waals surface area contributed by atoms with Gasteiger partial charge in [0.15, 0.2) is 5.78 Å². The van der Waals surface area contributed by atoms with Gasteiger partial charge in [-0.15, -0.1) is 17.7 Å². The van der Waals surface area contributed by atoms with Crippen LogP contribution in [0.1, 0.15) is 64.5 Å². The molecule has 4 aromatic carbocycles. The zero-order valence-electron chi connectivity index (χ0n) is 29.8. The van der Waals surface area contributed by atoms with E-state index in [0.29, 0.717) is 0 Å². The first-order chi connectivity index (χ1) is 23.2. The van der Waals surface area contributed by atoms with Crippen molar-refractivity contribution in [2.24, 2.45) is 11.8 Å². The van der Waals surface area contributed by atoms with Gasteiger partial charge in [0.05, 0.1) is 5.76 Å². The Hall–Kier alpha value is -3.83. The predicted octanol–water partition coefficient (Wildman–Crippen LogP) is 9.39. The number of hydrogen-bond acceptors (Lipinski definition) is 4. The average molecular weight is 847 g/mol. The van der Waals surface area contributed by atoms with Crippen molar-refractivity contribution in [3.05, 3.63) is 120 Å². The summed E-state index contributed by atoms with van der Waals surface area (Å²) in [4.78, 5) is 16.5. The molecule has 0 unspecified atom stereocenters. The molecule has 1 radical (unpaired) electrons. The van der Waals surface area contributed by atoms with Crippen LogP contribution in [0.15, 0.2) is 103 Å². The molecule has 2 heterocycles. The second-order valence-corrected chi connectivity index (χ2v) is 17.0. The van der Waals surface area contributed by atoms with Crippen LogP contribution in [0.3, 0.4) is 0 Å². The molecule has 1 aromatic heterocycles. The number of aliphatic hydroxyl groups is 1. The van der Waals surface area contributed by atoms with Gasteiger partial charge in [-0.25, -0.2) is 0 Å². The first kappa shape index (κ1) is 38.0. The molecule has 0 saturated carbocycles. The summed E-state index contributed by atoms with van der Waals surface area (Å²) >= 11 is 0.